The van der Waals surface area contributed by atoms with Crippen molar-refractivity contribution in [1.29, 1.82) is 5.26 Å². The zero-order valence-corrected chi connectivity index (χ0v) is 13.8. The highest BCUT2D eigenvalue weighted by atomic mass is 35.5. The lowest BCUT2D eigenvalue weighted by atomic mass is 10.2. The molecule has 0 radical (unpaired) electrons. The number of aliphatic hydroxyl groups excluding tert-OH is 1. The fourth-order valence-electron chi connectivity index (χ4n) is 1.98. The van der Waals surface area contributed by atoms with Gasteiger partial charge in [-0.1, -0.05) is 23.2 Å². The number of benzene rings is 1. The van der Waals surface area contributed by atoms with Crippen LogP contribution in [0.2, 0.25) is 10.0 Å². The standard InChI is InChI=1S/C13H8Cl2F3N3OS/c1-23-12-9(4-19)20-21(10(12)5-22)11-7(14)2-6(3-8(11)15)13(16,17)18/h2-3,22H,5H2,1H3. The van der Waals surface area contributed by atoms with Gasteiger partial charge in [0.15, 0.2) is 5.69 Å². The highest BCUT2D eigenvalue weighted by molar-refractivity contribution is 7.98. The summed E-state index contributed by atoms with van der Waals surface area (Å²) in [6, 6.07) is 3.29. The molecule has 1 aromatic carbocycles. The third-order valence-electron chi connectivity index (χ3n) is 2.95. The van der Waals surface area contributed by atoms with Crippen LogP contribution in [0, 0.1) is 11.3 Å². The topological polar surface area (TPSA) is 61.8 Å². The Morgan fingerprint density at radius 2 is 1.91 bits per heavy atom. The van der Waals surface area contributed by atoms with Crippen LogP contribution in [0.1, 0.15) is 17.0 Å². The maximum Gasteiger partial charge on any atom is 0.416 e. The van der Waals surface area contributed by atoms with Crippen molar-refractivity contribution >= 4 is 35.0 Å². The Balaban J connectivity index is 2.74. The molecule has 4 nitrogen and oxygen atoms in total. The van der Waals surface area contributed by atoms with E-state index in [9.17, 15) is 18.3 Å². The van der Waals surface area contributed by atoms with E-state index in [1.165, 1.54) is 11.8 Å². The summed E-state index contributed by atoms with van der Waals surface area (Å²) >= 11 is 13.0. The van der Waals surface area contributed by atoms with Gasteiger partial charge in [0.1, 0.15) is 11.8 Å². The second-order valence-electron chi connectivity index (χ2n) is 4.30. The summed E-state index contributed by atoms with van der Waals surface area (Å²) in [5, 5.41) is 22.0. The first kappa shape index (κ1) is 17.9. The van der Waals surface area contributed by atoms with Gasteiger partial charge in [-0.3, -0.25) is 0 Å². The number of nitriles is 1. The van der Waals surface area contributed by atoms with E-state index in [4.69, 9.17) is 28.5 Å². The van der Waals surface area contributed by atoms with Gasteiger partial charge in [0, 0.05) is 0 Å². The molecule has 0 atom stereocenters. The molecule has 10 heteroatoms. The number of hydrogen-bond acceptors (Lipinski definition) is 4. The van der Waals surface area contributed by atoms with Crippen LogP contribution in [0.4, 0.5) is 13.2 Å². The predicted octanol–water partition coefficient (Wildman–Crippen LogP) is 4.28. The minimum absolute atomic E-state index is 0.0218. The largest absolute Gasteiger partial charge is 0.416 e. The van der Waals surface area contributed by atoms with Crippen molar-refractivity contribution in [2.24, 2.45) is 0 Å². The highest BCUT2D eigenvalue weighted by Crippen LogP contribution is 2.39. The second-order valence-corrected chi connectivity index (χ2v) is 5.93. The van der Waals surface area contributed by atoms with E-state index in [0.29, 0.717) is 4.90 Å². The third-order valence-corrected chi connectivity index (χ3v) is 4.36. The molecule has 2 rings (SSSR count). The number of aliphatic hydroxyl groups is 1. The van der Waals surface area contributed by atoms with Crippen LogP contribution >= 0.6 is 35.0 Å². The molecule has 0 unspecified atom stereocenters. The van der Waals surface area contributed by atoms with E-state index in [1.54, 1.807) is 6.26 Å². The molecule has 0 aliphatic heterocycles. The van der Waals surface area contributed by atoms with Gasteiger partial charge >= 0.3 is 6.18 Å². The number of rotatable bonds is 3. The fourth-order valence-corrected chi connectivity index (χ4v) is 3.30. The molecule has 122 valence electrons. The van der Waals surface area contributed by atoms with Gasteiger partial charge in [-0.05, 0) is 18.4 Å². The van der Waals surface area contributed by atoms with E-state index in [1.807, 2.05) is 6.07 Å². The van der Waals surface area contributed by atoms with Crippen LogP contribution in [-0.2, 0) is 12.8 Å². The highest BCUT2D eigenvalue weighted by Gasteiger charge is 2.32. The second kappa shape index (κ2) is 6.61. The van der Waals surface area contributed by atoms with E-state index >= 15 is 0 Å². The summed E-state index contributed by atoms with van der Waals surface area (Å²) in [5.41, 5.74) is -0.784. The van der Waals surface area contributed by atoms with Gasteiger partial charge in [0.2, 0.25) is 0 Å². The average molecular weight is 382 g/mol. The molecular formula is C13H8Cl2F3N3OS. The predicted molar refractivity (Wildman–Crippen MR) is 81.0 cm³/mol. The molecule has 1 N–H and O–H groups in total. The number of aromatic nitrogens is 2. The van der Waals surface area contributed by atoms with E-state index < -0.39 is 18.3 Å². The summed E-state index contributed by atoms with van der Waals surface area (Å²) in [4.78, 5) is 0.405. The number of alkyl halides is 3. The third kappa shape index (κ3) is 3.28. The van der Waals surface area contributed by atoms with Gasteiger partial charge in [0.25, 0.3) is 0 Å². The van der Waals surface area contributed by atoms with Crippen molar-refractivity contribution in [2.45, 2.75) is 17.7 Å². The zero-order valence-electron chi connectivity index (χ0n) is 11.4. The van der Waals surface area contributed by atoms with E-state index in [0.717, 1.165) is 16.8 Å². The molecule has 0 bridgehead atoms. The quantitative estimate of drug-likeness (QED) is 0.805. The van der Waals surface area contributed by atoms with Gasteiger partial charge in [-0.2, -0.15) is 23.5 Å². The molecule has 0 saturated carbocycles. The van der Waals surface area contributed by atoms with Crippen LogP contribution in [0.5, 0.6) is 0 Å². The molecule has 23 heavy (non-hydrogen) atoms. The summed E-state index contributed by atoms with van der Waals surface area (Å²) < 4.78 is 39.4. The average Bonchev–Trinajstić information content (AvgIpc) is 2.82. The Morgan fingerprint density at radius 1 is 1.35 bits per heavy atom. The molecule has 0 aliphatic rings. The molecule has 1 heterocycles. The molecule has 0 amide bonds. The Hall–Kier alpha value is -1.40. The lowest BCUT2D eigenvalue weighted by Crippen LogP contribution is -2.09. The van der Waals surface area contributed by atoms with Gasteiger partial charge < -0.3 is 5.11 Å². The van der Waals surface area contributed by atoms with Gasteiger partial charge in [-0.25, -0.2) is 4.68 Å². The number of hydrogen-bond donors (Lipinski definition) is 1. The summed E-state index contributed by atoms with van der Waals surface area (Å²) in [5.74, 6) is 0. The monoisotopic (exact) mass is 381 g/mol. The summed E-state index contributed by atoms with van der Waals surface area (Å²) in [6.07, 6.45) is -2.92. The van der Waals surface area contributed by atoms with Crippen LogP contribution in [0.25, 0.3) is 5.69 Å². The van der Waals surface area contributed by atoms with Crippen molar-refractivity contribution in [3.05, 3.63) is 39.1 Å². The lowest BCUT2D eigenvalue weighted by Gasteiger charge is -2.14. The van der Waals surface area contributed by atoms with Crippen molar-refractivity contribution in [3.63, 3.8) is 0 Å². The molecule has 2 aromatic rings. The first-order valence-electron chi connectivity index (χ1n) is 5.98. The lowest BCUT2D eigenvalue weighted by molar-refractivity contribution is -0.137. The number of halogens is 5. The molecule has 0 fully saturated rings. The smallest absolute Gasteiger partial charge is 0.390 e. The molecule has 0 saturated heterocycles. The first-order chi connectivity index (χ1) is 10.7. The van der Waals surface area contributed by atoms with E-state index in [2.05, 4.69) is 5.10 Å². The van der Waals surface area contributed by atoms with Crippen molar-refractivity contribution in [3.8, 4) is 11.8 Å². The minimum Gasteiger partial charge on any atom is -0.390 e. The molecule has 0 spiro atoms. The van der Waals surface area contributed by atoms with Crippen molar-refractivity contribution in [1.82, 2.24) is 9.78 Å². The number of thioether (sulfide) groups is 1. The van der Waals surface area contributed by atoms with Crippen LogP contribution in [0.15, 0.2) is 17.0 Å². The normalized spacial score (nSPS) is 11.6. The maximum atomic E-state index is 12.8. The fraction of sp³-hybridized carbons (Fsp3) is 0.231. The Kier molecular flexibility index (Phi) is 5.16. The van der Waals surface area contributed by atoms with Gasteiger partial charge in [0.05, 0.1) is 32.8 Å². The van der Waals surface area contributed by atoms with E-state index in [-0.39, 0.29) is 27.1 Å². The van der Waals surface area contributed by atoms with Crippen LogP contribution in [-0.4, -0.2) is 21.1 Å². The molecule has 1 aromatic heterocycles. The van der Waals surface area contributed by atoms with Crippen LogP contribution < -0.4 is 0 Å². The van der Waals surface area contributed by atoms with Gasteiger partial charge in [-0.15, -0.1) is 11.8 Å². The minimum atomic E-state index is -4.60. The Morgan fingerprint density at radius 3 is 2.30 bits per heavy atom. The maximum absolute atomic E-state index is 12.8. The zero-order chi connectivity index (χ0) is 17.4. The summed E-state index contributed by atoms with van der Waals surface area (Å²) in [6.45, 7) is -0.488. The SMILES string of the molecule is CSc1c(C#N)nn(-c2c(Cl)cc(C(F)(F)F)cc2Cl)c1CO. The van der Waals surface area contributed by atoms with Crippen molar-refractivity contribution in [2.75, 3.05) is 6.26 Å². The molecular weight excluding hydrogens is 374 g/mol. The van der Waals surface area contributed by atoms with Crippen LogP contribution in [0.3, 0.4) is 0 Å². The van der Waals surface area contributed by atoms with Crippen molar-refractivity contribution < 1.29 is 18.3 Å². The first-order valence-corrected chi connectivity index (χ1v) is 7.96. The Bertz CT molecular complexity index is 776. The molecule has 0 aliphatic carbocycles. The number of nitrogens with zero attached hydrogens (tertiary/aromatic N) is 3. The Labute approximate surface area is 143 Å². The summed E-state index contributed by atoms with van der Waals surface area (Å²) in [7, 11) is 0.